The van der Waals surface area contributed by atoms with E-state index in [-0.39, 0.29) is 24.2 Å². The first-order valence-electron chi connectivity index (χ1n) is 6.17. The lowest BCUT2D eigenvalue weighted by Crippen LogP contribution is -2.45. The number of nitrogens with zero attached hydrogens (tertiary/aromatic N) is 2. The molecule has 0 N–H and O–H groups in total. The third-order valence-electron chi connectivity index (χ3n) is 3.61. The molecule has 0 spiro atoms. The molecule has 0 aliphatic carbocycles. The Balaban J connectivity index is 1.85. The Morgan fingerprint density at radius 3 is 2.41 bits per heavy atom. The number of fused-ring (bicyclic) bond motifs is 2. The van der Waals surface area contributed by atoms with Crippen molar-refractivity contribution in [3.8, 4) is 0 Å². The molecule has 0 aromatic rings. The fraction of sp³-hybridized carbons (Fsp3) is 0.833. The molecule has 0 aromatic carbocycles. The fourth-order valence-corrected chi connectivity index (χ4v) is 2.91. The minimum atomic E-state index is -0.168. The minimum Gasteiger partial charge on any atom is -0.461 e. The van der Waals surface area contributed by atoms with E-state index in [1.807, 2.05) is 19.0 Å². The first-order chi connectivity index (χ1) is 8.10. The van der Waals surface area contributed by atoms with Crippen LogP contribution in [0.3, 0.4) is 0 Å². The van der Waals surface area contributed by atoms with Crippen LogP contribution in [0.4, 0.5) is 0 Å². The lowest BCUT2D eigenvalue weighted by Gasteiger charge is -2.36. The summed E-state index contributed by atoms with van der Waals surface area (Å²) < 4.78 is 5.45. The number of carbonyl (C=O) groups excluding carboxylic acids is 2. The van der Waals surface area contributed by atoms with E-state index in [9.17, 15) is 9.59 Å². The van der Waals surface area contributed by atoms with Crippen LogP contribution in [0.1, 0.15) is 25.7 Å². The Bertz CT molecular complexity index is 292. The molecule has 2 saturated heterocycles. The highest BCUT2D eigenvalue weighted by atomic mass is 16.5. The van der Waals surface area contributed by atoms with Crippen LogP contribution in [0.2, 0.25) is 0 Å². The van der Waals surface area contributed by atoms with Gasteiger partial charge >= 0.3 is 5.97 Å². The van der Waals surface area contributed by atoms with E-state index in [2.05, 4.69) is 0 Å². The lowest BCUT2D eigenvalue weighted by molar-refractivity contribution is -0.153. The van der Waals surface area contributed by atoms with Crippen LogP contribution in [-0.2, 0) is 14.3 Å². The summed E-state index contributed by atoms with van der Waals surface area (Å²) in [5.74, 6) is -0.168. The van der Waals surface area contributed by atoms with Gasteiger partial charge in [0, 0.05) is 24.9 Å². The molecule has 2 heterocycles. The van der Waals surface area contributed by atoms with Gasteiger partial charge < -0.3 is 9.64 Å². The zero-order chi connectivity index (χ0) is 12.4. The average Bonchev–Trinajstić information content (AvgIpc) is 2.48. The van der Waals surface area contributed by atoms with Gasteiger partial charge in [0.05, 0.1) is 6.54 Å². The number of rotatable bonds is 4. The van der Waals surface area contributed by atoms with E-state index in [1.54, 1.807) is 4.90 Å². The van der Waals surface area contributed by atoms with Crippen molar-refractivity contribution in [2.24, 2.45) is 0 Å². The van der Waals surface area contributed by atoms with E-state index < -0.39 is 0 Å². The molecule has 96 valence electrons. The van der Waals surface area contributed by atoms with Gasteiger partial charge in [-0.1, -0.05) is 0 Å². The molecule has 1 amide bonds. The molecular formula is C12H20N2O3. The molecule has 2 fully saturated rings. The normalized spacial score (nSPS) is 31.7. The highest BCUT2D eigenvalue weighted by Crippen LogP contribution is 2.35. The van der Waals surface area contributed by atoms with Crippen molar-refractivity contribution < 1.29 is 14.3 Å². The molecular weight excluding hydrogens is 220 g/mol. The lowest BCUT2D eigenvalue weighted by atomic mass is 10.0. The van der Waals surface area contributed by atoms with Crippen molar-refractivity contribution in [3.05, 3.63) is 0 Å². The summed E-state index contributed by atoms with van der Waals surface area (Å²) in [6.45, 7) is 0.323. The molecule has 2 rings (SSSR count). The van der Waals surface area contributed by atoms with Gasteiger partial charge in [0.15, 0.2) is 0 Å². The molecule has 17 heavy (non-hydrogen) atoms. The van der Waals surface area contributed by atoms with Crippen molar-refractivity contribution in [1.82, 2.24) is 9.80 Å². The van der Waals surface area contributed by atoms with Crippen LogP contribution >= 0.6 is 0 Å². The Morgan fingerprint density at radius 2 is 1.94 bits per heavy atom. The second-order valence-corrected chi connectivity index (χ2v) is 5.26. The van der Waals surface area contributed by atoms with Gasteiger partial charge in [0.2, 0.25) is 6.41 Å². The van der Waals surface area contributed by atoms with Crippen molar-refractivity contribution in [3.63, 3.8) is 0 Å². The number of hydrogen-bond donors (Lipinski definition) is 0. The second-order valence-electron chi connectivity index (χ2n) is 5.26. The third kappa shape index (κ3) is 2.77. The average molecular weight is 240 g/mol. The van der Waals surface area contributed by atoms with Crippen molar-refractivity contribution >= 4 is 12.4 Å². The zero-order valence-electron chi connectivity index (χ0n) is 10.5. The predicted molar refractivity (Wildman–Crippen MR) is 62.4 cm³/mol. The van der Waals surface area contributed by atoms with Crippen LogP contribution in [0.25, 0.3) is 0 Å². The van der Waals surface area contributed by atoms with E-state index >= 15 is 0 Å². The molecule has 5 nitrogen and oxygen atoms in total. The van der Waals surface area contributed by atoms with E-state index in [0.717, 1.165) is 32.1 Å². The maximum Gasteiger partial charge on any atom is 0.320 e. The summed E-state index contributed by atoms with van der Waals surface area (Å²) in [5, 5.41) is 0. The zero-order valence-corrected chi connectivity index (χ0v) is 10.5. The number of carbonyl (C=O) groups is 2. The first-order valence-corrected chi connectivity index (χ1v) is 6.17. The smallest absolute Gasteiger partial charge is 0.320 e. The number of esters is 1. The monoisotopic (exact) mass is 240 g/mol. The molecule has 5 heteroatoms. The first kappa shape index (κ1) is 12.4. The molecule has 2 bridgehead atoms. The Labute approximate surface area is 102 Å². The molecule has 3 atom stereocenters. The summed E-state index contributed by atoms with van der Waals surface area (Å²) in [7, 11) is 3.69. The highest BCUT2D eigenvalue weighted by Gasteiger charge is 2.41. The summed E-state index contributed by atoms with van der Waals surface area (Å²) in [6.07, 6.45) is 4.63. The molecule has 2 aliphatic rings. The van der Waals surface area contributed by atoms with Crippen LogP contribution in [-0.4, -0.2) is 61.0 Å². The Kier molecular flexibility index (Phi) is 3.66. The standard InChI is InChI=1S/C12H20N2O3/c1-13(2)7-12(16)17-11-5-9-3-4-10(6-11)14(9)8-15/h8-11H,3-7H2,1-2H3/t9-,10+,11+. The molecule has 2 aliphatic heterocycles. The third-order valence-corrected chi connectivity index (χ3v) is 3.61. The largest absolute Gasteiger partial charge is 0.461 e. The minimum absolute atomic E-state index is 0.00356. The van der Waals surface area contributed by atoms with Gasteiger partial charge in [-0.2, -0.15) is 0 Å². The van der Waals surface area contributed by atoms with Gasteiger partial charge in [-0.3, -0.25) is 14.5 Å². The molecule has 0 aromatic heterocycles. The van der Waals surface area contributed by atoms with Crippen molar-refractivity contribution in [1.29, 1.82) is 0 Å². The van der Waals surface area contributed by atoms with Gasteiger partial charge in [-0.25, -0.2) is 0 Å². The molecule has 0 unspecified atom stereocenters. The SMILES string of the molecule is CN(C)CC(=O)O[C@H]1C[C@H]2CC[C@@H](C1)N2C=O. The van der Waals surface area contributed by atoms with E-state index in [1.165, 1.54) is 0 Å². The number of likely N-dealkylation sites (N-methyl/N-ethyl adjacent to an activating group) is 1. The van der Waals surface area contributed by atoms with Gasteiger partial charge in [0.25, 0.3) is 0 Å². The number of hydrogen-bond acceptors (Lipinski definition) is 4. The maximum absolute atomic E-state index is 11.6. The van der Waals surface area contributed by atoms with E-state index in [4.69, 9.17) is 4.74 Å². The van der Waals surface area contributed by atoms with E-state index in [0.29, 0.717) is 6.54 Å². The Morgan fingerprint density at radius 1 is 1.35 bits per heavy atom. The van der Waals surface area contributed by atoms with Gasteiger partial charge in [-0.05, 0) is 26.9 Å². The predicted octanol–water partition coefficient (Wildman–Crippen LogP) is 0.243. The summed E-state index contributed by atoms with van der Waals surface area (Å²) in [4.78, 5) is 26.2. The Hall–Kier alpha value is -1.10. The number of piperidine rings is 1. The van der Waals surface area contributed by atoms with Crippen LogP contribution < -0.4 is 0 Å². The number of ether oxygens (including phenoxy) is 1. The summed E-state index contributed by atoms with van der Waals surface area (Å²) in [5.41, 5.74) is 0. The molecule has 0 radical (unpaired) electrons. The topological polar surface area (TPSA) is 49.9 Å². The van der Waals surface area contributed by atoms with Gasteiger partial charge in [0.1, 0.15) is 6.10 Å². The van der Waals surface area contributed by atoms with Crippen molar-refractivity contribution in [2.75, 3.05) is 20.6 Å². The van der Waals surface area contributed by atoms with Crippen LogP contribution in [0, 0.1) is 0 Å². The summed E-state index contributed by atoms with van der Waals surface area (Å²) >= 11 is 0. The quantitative estimate of drug-likeness (QED) is 0.522. The van der Waals surface area contributed by atoms with Gasteiger partial charge in [-0.15, -0.1) is 0 Å². The number of amides is 1. The maximum atomic E-state index is 11.6. The van der Waals surface area contributed by atoms with Crippen LogP contribution in [0.5, 0.6) is 0 Å². The van der Waals surface area contributed by atoms with Crippen LogP contribution in [0.15, 0.2) is 0 Å². The van der Waals surface area contributed by atoms with Crippen molar-refractivity contribution in [2.45, 2.75) is 43.9 Å². The second kappa shape index (κ2) is 5.04. The fourth-order valence-electron chi connectivity index (χ4n) is 2.91. The molecule has 0 saturated carbocycles. The summed E-state index contributed by atoms with van der Waals surface area (Å²) in [6, 6.07) is 0.562. The highest BCUT2D eigenvalue weighted by molar-refractivity contribution is 5.71.